The highest BCUT2D eigenvalue weighted by Crippen LogP contribution is 2.29. The van der Waals surface area contributed by atoms with Crippen LogP contribution in [0.4, 0.5) is 8.78 Å². The van der Waals surface area contributed by atoms with Gasteiger partial charge in [0.1, 0.15) is 29.6 Å². The molecule has 0 N–H and O–H groups in total. The summed E-state index contributed by atoms with van der Waals surface area (Å²) in [5, 5.41) is 19.8. The molecule has 0 radical (unpaired) electrons. The van der Waals surface area contributed by atoms with Crippen LogP contribution in [0.15, 0.2) is 36.8 Å². The number of carbonyl (C=O) groups is 1. The number of carbonyl (C=O) groups excluding carboxylic acids is 1. The van der Waals surface area contributed by atoms with Gasteiger partial charge in [-0.1, -0.05) is 6.07 Å². The van der Waals surface area contributed by atoms with E-state index in [9.17, 15) is 13.6 Å². The van der Waals surface area contributed by atoms with Gasteiger partial charge in [-0.05, 0) is 39.8 Å². The van der Waals surface area contributed by atoms with Gasteiger partial charge in [0.15, 0.2) is 5.82 Å². The third-order valence-corrected chi connectivity index (χ3v) is 6.14. The van der Waals surface area contributed by atoms with E-state index >= 15 is 0 Å². The fourth-order valence-corrected chi connectivity index (χ4v) is 4.31. The summed E-state index contributed by atoms with van der Waals surface area (Å²) in [5.74, 6) is -1.22. The summed E-state index contributed by atoms with van der Waals surface area (Å²) in [6.07, 6.45) is 2.80. The van der Waals surface area contributed by atoms with Gasteiger partial charge < -0.3 is 9.64 Å². The maximum atomic E-state index is 14.0. The highest BCUT2D eigenvalue weighted by Gasteiger charge is 2.36. The number of piperazine rings is 1. The molecule has 2 aliphatic rings. The number of pyridine rings is 1. The van der Waals surface area contributed by atoms with Gasteiger partial charge in [0.25, 0.3) is 0 Å². The first kappa shape index (κ1) is 22.0. The van der Waals surface area contributed by atoms with Crippen LogP contribution in [0, 0.1) is 23.0 Å². The van der Waals surface area contributed by atoms with Gasteiger partial charge in [0.2, 0.25) is 5.91 Å². The van der Waals surface area contributed by atoms with Crippen molar-refractivity contribution < 1.29 is 18.3 Å². The van der Waals surface area contributed by atoms with Crippen LogP contribution >= 0.6 is 0 Å². The van der Waals surface area contributed by atoms with Crippen molar-refractivity contribution >= 4 is 5.91 Å². The van der Waals surface area contributed by atoms with Crippen molar-refractivity contribution in [2.75, 3.05) is 32.8 Å². The third kappa shape index (κ3) is 4.35. The van der Waals surface area contributed by atoms with E-state index < -0.39 is 23.3 Å². The molecule has 1 aromatic carbocycles. The van der Waals surface area contributed by atoms with E-state index in [1.165, 1.54) is 17.1 Å². The molecule has 0 spiro atoms. The molecule has 0 bridgehead atoms. The van der Waals surface area contributed by atoms with Crippen molar-refractivity contribution in [3.63, 3.8) is 0 Å². The second-order valence-corrected chi connectivity index (χ2v) is 8.24. The Kier molecular flexibility index (Phi) is 5.95. The second kappa shape index (κ2) is 9.20. The lowest BCUT2D eigenvalue weighted by Crippen LogP contribution is -2.59. The number of amides is 1. The second-order valence-electron chi connectivity index (χ2n) is 8.24. The minimum absolute atomic E-state index is 0.00217. The molecule has 10 nitrogen and oxygen atoms in total. The molecule has 0 saturated carbocycles. The SMILES string of the molecule is N#Cc1c(F)cc([C@H]2CN3CCN(C(=O)Cc4ccc(-n5cnnn5)nc4)C[C@@H]3CO2)cc1F. The number of hydrogen-bond donors (Lipinski definition) is 0. The van der Waals surface area contributed by atoms with Crippen molar-refractivity contribution in [2.45, 2.75) is 18.6 Å². The van der Waals surface area contributed by atoms with Gasteiger partial charge in [-0.25, -0.2) is 13.8 Å². The van der Waals surface area contributed by atoms with Gasteiger partial charge >= 0.3 is 0 Å². The van der Waals surface area contributed by atoms with Crippen molar-refractivity contribution in [3.05, 3.63) is 65.1 Å². The van der Waals surface area contributed by atoms with Crippen molar-refractivity contribution in [1.29, 1.82) is 5.26 Å². The molecule has 2 aliphatic heterocycles. The van der Waals surface area contributed by atoms with Crippen LogP contribution in [-0.2, 0) is 16.0 Å². The third-order valence-electron chi connectivity index (χ3n) is 6.14. The Hall–Kier alpha value is -3.82. The van der Waals surface area contributed by atoms with E-state index in [0.717, 1.165) is 17.7 Å². The van der Waals surface area contributed by atoms with Gasteiger partial charge in [0.05, 0.1) is 25.2 Å². The number of fused-ring (bicyclic) bond motifs is 1. The Morgan fingerprint density at radius 2 is 2.03 bits per heavy atom. The van der Waals surface area contributed by atoms with Crippen LogP contribution in [0.2, 0.25) is 0 Å². The minimum Gasteiger partial charge on any atom is -0.370 e. The zero-order valence-electron chi connectivity index (χ0n) is 18.0. The Balaban J connectivity index is 1.18. The predicted molar refractivity (Wildman–Crippen MR) is 112 cm³/mol. The van der Waals surface area contributed by atoms with E-state index in [1.807, 2.05) is 6.07 Å². The number of benzene rings is 1. The Bertz CT molecular complexity index is 1210. The van der Waals surface area contributed by atoms with Crippen LogP contribution in [0.1, 0.15) is 22.8 Å². The first-order valence-electron chi connectivity index (χ1n) is 10.7. The lowest BCUT2D eigenvalue weighted by molar-refractivity contribution is -0.139. The molecule has 2 saturated heterocycles. The highest BCUT2D eigenvalue weighted by molar-refractivity contribution is 5.78. The number of rotatable bonds is 4. The lowest BCUT2D eigenvalue weighted by Gasteiger charge is -2.46. The smallest absolute Gasteiger partial charge is 0.227 e. The minimum atomic E-state index is -0.890. The number of tetrazole rings is 1. The van der Waals surface area contributed by atoms with Crippen molar-refractivity contribution in [3.8, 4) is 11.9 Å². The molecular weight excluding hydrogens is 446 g/mol. The molecule has 2 aromatic heterocycles. The Labute approximate surface area is 193 Å². The number of ether oxygens (including phenoxy) is 1. The number of nitrogens with zero attached hydrogens (tertiary/aromatic N) is 8. The standard InChI is InChI=1S/C22H20F2N8O2/c23-18-6-15(7-19(24)17(18)8-25)20-11-30-3-4-31(10-16(30)12-34-20)22(33)5-14-1-2-21(26-9-14)32-13-27-28-29-32/h1-2,6-7,9,13,16,20H,3-5,10-12H2/t16-,20-/m1/s1. The summed E-state index contributed by atoms with van der Waals surface area (Å²) in [6.45, 7) is 2.49. The first-order chi connectivity index (χ1) is 16.5. The zero-order chi connectivity index (χ0) is 23.7. The normalized spacial score (nSPS) is 20.6. The molecule has 5 rings (SSSR count). The van der Waals surface area contributed by atoms with E-state index in [4.69, 9.17) is 10.00 Å². The Morgan fingerprint density at radius 3 is 2.71 bits per heavy atom. The van der Waals surface area contributed by atoms with Gasteiger partial charge in [-0.3, -0.25) is 9.69 Å². The topological polar surface area (TPSA) is 113 Å². The van der Waals surface area contributed by atoms with Crippen LogP contribution in [0.3, 0.4) is 0 Å². The molecule has 0 aliphatic carbocycles. The van der Waals surface area contributed by atoms with Crippen LogP contribution in [0.5, 0.6) is 0 Å². The van der Waals surface area contributed by atoms with E-state index in [1.54, 1.807) is 17.2 Å². The molecule has 2 fully saturated rings. The Morgan fingerprint density at radius 1 is 1.21 bits per heavy atom. The van der Waals surface area contributed by atoms with Gasteiger partial charge in [0, 0.05) is 32.4 Å². The van der Waals surface area contributed by atoms with E-state index in [0.29, 0.717) is 44.2 Å². The summed E-state index contributed by atoms with van der Waals surface area (Å²) < 4.78 is 35.4. The van der Waals surface area contributed by atoms with Crippen LogP contribution in [-0.4, -0.2) is 79.7 Å². The number of aromatic nitrogens is 5. The van der Waals surface area contributed by atoms with Crippen LogP contribution in [0.25, 0.3) is 5.82 Å². The first-order valence-corrected chi connectivity index (χ1v) is 10.7. The molecule has 174 valence electrons. The molecule has 0 unspecified atom stereocenters. The fraction of sp³-hybridized carbons (Fsp3) is 0.364. The summed E-state index contributed by atoms with van der Waals surface area (Å²) in [6, 6.07) is 7.42. The average molecular weight is 466 g/mol. The number of morpholine rings is 1. The fourth-order valence-electron chi connectivity index (χ4n) is 4.31. The maximum Gasteiger partial charge on any atom is 0.227 e. The summed E-state index contributed by atoms with van der Waals surface area (Å²) >= 11 is 0. The summed E-state index contributed by atoms with van der Waals surface area (Å²) in [4.78, 5) is 21.1. The molecule has 4 heterocycles. The number of hydrogen-bond acceptors (Lipinski definition) is 8. The average Bonchev–Trinajstić information content (AvgIpc) is 3.39. The molecule has 3 aromatic rings. The predicted octanol–water partition coefficient (Wildman–Crippen LogP) is 1.03. The molecule has 12 heteroatoms. The van der Waals surface area contributed by atoms with Crippen LogP contribution < -0.4 is 0 Å². The molecular formula is C22H20F2N8O2. The molecule has 2 atom stereocenters. The maximum absolute atomic E-state index is 14.0. The highest BCUT2D eigenvalue weighted by atomic mass is 19.1. The zero-order valence-corrected chi connectivity index (χ0v) is 18.0. The van der Waals surface area contributed by atoms with Gasteiger partial charge in [-0.2, -0.15) is 9.94 Å². The molecule has 34 heavy (non-hydrogen) atoms. The number of halogens is 2. The van der Waals surface area contributed by atoms with Crippen molar-refractivity contribution in [1.82, 2.24) is 35.0 Å². The monoisotopic (exact) mass is 466 g/mol. The quantitative estimate of drug-likeness (QED) is 0.561. The number of nitriles is 1. The lowest BCUT2D eigenvalue weighted by atomic mass is 10.0. The summed E-state index contributed by atoms with van der Waals surface area (Å²) in [7, 11) is 0. The molecule has 1 amide bonds. The van der Waals surface area contributed by atoms with E-state index in [-0.39, 0.29) is 18.4 Å². The largest absolute Gasteiger partial charge is 0.370 e. The van der Waals surface area contributed by atoms with Gasteiger partial charge in [-0.15, -0.1) is 5.10 Å². The van der Waals surface area contributed by atoms with Crippen molar-refractivity contribution in [2.24, 2.45) is 0 Å². The summed E-state index contributed by atoms with van der Waals surface area (Å²) in [5.41, 5.74) is 0.558. The van der Waals surface area contributed by atoms with E-state index in [2.05, 4.69) is 25.4 Å².